The summed E-state index contributed by atoms with van der Waals surface area (Å²) in [5.41, 5.74) is 5.87. The van der Waals surface area contributed by atoms with Crippen molar-refractivity contribution < 1.29 is 37.5 Å². The van der Waals surface area contributed by atoms with Crippen LogP contribution in [0.15, 0.2) is 39.7 Å². The smallest absolute Gasteiger partial charge is 0.408 e. The van der Waals surface area contributed by atoms with Gasteiger partial charge in [0.25, 0.3) is 5.91 Å². The fourth-order valence-electron chi connectivity index (χ4n) is 6.31. The van der Waals surface area contributed by atoms with E-state index in [0.29, 0.717) is 51.0 Å². The van der Waals surface area contributed by atoms with Gasteiger partial charge in [0.2, 0.25) is 5.91 Å². The number of amides is 3. The van der Waals surface area contributed by atoms with Crippen molar-refractivity contribution in [1.29, 1.82) is 0 Å². The zero-order valence-electron chi connectivity index (χ0n) is 26.0. The first-order valence-corrected chi connectivity index (χ1v) is 16.6. The molecule has 2 heterocycles. The van der Waals surface area contributed by atoms with Crippen molar-refractivity contribution in [2.45, 2.75) is 83.4 Å². The molecule has 246 valence electrons. The second-order valence-corrected chi connectivity index (χ2v) is 14.6. The van der Waals surface area contributed by atoms with E-state index < -0.39 is 36.0 Å². The highest BCUT2D eigenvalue weighted by molar-refractivity contribution is 8.26. The molecule has 3 fully saturated rings. The number of esters is 1. The number of hydrogen-bond acceptors (Lipinski definition) is 9. The summed E-state index contributed by atoms with van der Waals surface area (Å²) in [5, 5.41) is 2.34. The summed E-state index contributed by atoms with van der Waals surface area (Å²) in [5.74, 6) is -0.0221. The molecule has 5 rings (SSSR count). The Hall–Kier alpha value is -3.71. The Morgan fingerprint density at radius 3 is 2.59 bits per heavy atom. The number of nitrogens with one attached hydrogen (secondary N) is 1. The summed E-state index contributed by atoms with van der Waals surface area (Å²) in [4.78, 5) is 52.3. The van der Waals surface area contributed by atoms with E-state index in [-0.39, 0.29) is 24.4 Å². The number of thioether (sulfide) groups is 1. The lowest BCUT2D eigenvalue weighted by atomic mass is 9.94. The zero-order valence-corrected chi connectivity index (χ0v) is 27.6. The SMILES string of the molecule is CC(C)(C)OC(=O)N[C@@H](CC(N)=O)C(=O)OCCCc1cc(-c2ccc(F)cc2)oc1/C=C1\SC(=S)N(C2CC3CCC2C3)C1=O. The number of thiocarbonyl (C=S) groups is 1. The average molecular weight is 672 g/mol. The van der Waals surface area contributed by atoms with Crippen LogP contribution in [0.4, 0.5) is 9.18 Å². The molecule has 0 spiro atoms. The number of nitrogens with zero attached hydrogens (tertiary/aromatic N) is 1. The molecular weight excluding hydrogens is 634 g/mol. The van der Waals surface area contributed by atoms with Gasteiger partial charge in [0, 0.05) is 17.7 Å². The second-order valence-electron chi connectivity index (χ2n) is 12.9. The van der Waals surface area contributed by atoms with E-state index in [9.17, 15) is 23.6 Å². The van der Waals surface area contributed by atoms with Crippen molar-refractivity contribution in [3.05, 3.63) is 52.4 Å². The van der Waals surface area contributed by atoms with Gasteiger partial charge < -0.3 is 24.9 Å². The Morgan fingerprint density at radius 1 is 1.22 bits per heavy atom. The van der Waals surface area contributed by atoms with Crippen molar-refractivity contribution in [1.82, 2.24) is 10.2 Å². The molecule has 0 radical (unpaired) electrons. The number of nitrogens with two attached hydrogens (primary N) is 1. The van der Waals surface area contributed by atoms with E-state index >= 15 is 0 Å². The Kier molecular flexibility index (Phi) is 10.2. The Morgan fingerprint density at radius 2 is 1.96 bits per heavy atom. The molecule has 1 saturated heterocycles. The molecule has 1 aromatic carbocycles. The number of carbonyl (C=O) groups is 4. The van der Waals surface area contributed by atoms with Crippen molar-refractivity contribution >= 4 is 58.3 Å². The van der Waals surface area contributed by atoms with E-state index in [1.165, 1.54) is 30.3 Å². The maximum absolute atomic E-state index is 13.6. The topological polar surface area (TPSA) is 141 Å². The molecule has 10 nitrogen and oxygen atoms in total. The number of benzene rings is 1. The maximum atomic E-state index is 13.6. The Balaban J connectivity index is 1.28. The number of carbonyl (C=O) groups excluding carboxylic acids is 4. The predicted octanol–water partition coefficient (Wildman–Crippen LogP) is 5.72. The highest BCUT2D eigenvalue weighted by atomic mass is 32.2. The standard InChI is InChI=1S/C33H38FN3O7S2/c1-33(2,3)44-31(41)36-23(16-28(35)38)30(40)42-12-4-5-21-15-25(19-8-10-22(34)11-9-19)43-26(21)17-27-29(39)37(32(45)46-27)24-14-18-6-7-20(24)13-18/h8-11,15,17-18,20,23-24H,4-7,12-14,16H2,1-3H3,(H2,35,38)(H,36,41)/b27-17-/t18?,20?,23-,24?/m0/s1. The normalized spacial score (nSPS) is 22.4. The first kappa shape index (κ1) is 33.6. The van der Waals surface area contributed by atoms with E-state index in [0.717, 1.165) is 24.8 Å². The fraction of sp³-hybridized carbons (Fsp3) is 0.485. The summed E-state index contributed by atoms with van der Waals surface area (Å²) < 4.78 is 30.9. The van der Waals surface area contributed by atoms with E-state index in [2.05, 4.69) is 5.32 Å². The van der Waals surface area contributed by atoms with Gasteiger partial charge in [-0.3, -0.25) is 14.5 Å². The number of fused-ring (bicyclic) bond motifs is 2. The number of primary amides is 1. The lowest BCUT2D eigenvalue weighted by Gasteiger charge is -2.30. The summed E-state index contributed by atoms with van der Waals surface area (Å²) >= 11 is 6.91. The van der Waals surface area contributed by atoms with Crippen LogP contribution < -0.4 is 11.1 Å². The van der Waals surface area contributed by atoms with Crippen LogP contribution in [0.2, 0.25) is 0 Å². The third-order valence-corrected chi connectivity index (χ3v) is 9.63. The Bertz CT molecular complexity index is 1550. The summed E-state index contributed by atoms with van der Waals surface area (Å²) in [6.45, 7) is 4.97. The molecule has 3 aliphatic rings. The van der Waals surface area contributed by atoms with Gasteiger partial charge in [0.15, 0.2) is 0 Å². The maximum Gasteiger partial charge on any atom is 0.408 e. The van der Waals surface area contributed by atoms with Crippen LogP contribution in [0, 0.1) is 17.7 Å². The van der Waals surface area contributed by atoms with Gasteiger partial charge in [-0.2, -0.15) is 0 Å². The third kappa shape index (κ3) is 8.16. The van der Waals surface area contributed by atoms with Crippen LogP contribution in [-0.2, 0) is 30.3 Å². The molecular formula is C33H38FN3O7S2. The number of alkyl carbamates (subject to hydrolysis) is 1. The minimum atomic E-state index is -1.31. The molecule has 13 heteroatoms. The molecule has 1 aromatic heterocycles. The zero-order chi connectivity index (χ0) is 33.2. The average Bonchev–Trinajstić information content (AvgIpc) is 3.74. The molecule has 2 saturated carbocycles. The molecule has 3 N–H and O–H groups in total. The van der Waals surface area contributed by atoms with Gasteiger partial charge in [0.05, 0.1) is 17.9 Å². The highest BCUT2D eigenvalue weighted by Gasteiger charge is 2.48. The highest BCUT2D eigenvalue weighted by Crippen LogP contribution is 2.49. The van der Waals surface area contributed by atoms with Crippen LogP contribution in [0.5, 0.6) is 0 Å². The summed E-state index contributed by atoms with van der Waals surface area (Å²) in [6, 6.07) is 6.54. The number of hydrogen-bond donors (Lipinski definition) is 2. The van der Waals surface area contributed by atoms with Crippen LogP contribution >= 0.6 is 24.0 Å². The van der Waals surface area contributed by atoms with Crippen molar-refractivity contribution in [2.24, 2.45) is 17.6 Å². The number of ether oxygens (including phenoxy) is 2. The third-order valence-electron chi connectivity index (χ3n) is 8.30. The Labute approximate surface area is 276 Å². The monoisotopic (exact) mass is 671 g/mol. The quantitative estimate of drug-likeness (QED) is 0.133. The summed E-state index contributed by atoms with van der Waals surface area (Å²) in [7, 11) is 0. The van der Waals surface area contributed by atoms with Gasteiger partial charge >= 0.3 is 12.1 Å². The first-order chi connectivity index (χ1) is 21.8. The molecule has 2 bridgehead atoms. The van der Waals surface area contributed by atoms with E-state index in [1.54, 1.807) is 43.9 Å². The molecule has 1 aliphatic heterocycles. The largest absolute Gasteiger partial charge is 0.464 e. The lowest BCUT2D eigenvalue weighted by Crippen LogP contribution is -2.46. The van der Waals surface area contributed by atoms with Crippen LogP contribution in [0.25, 0.3) is 17.4 Å². The second kappa shape index (κ2) is 14.0. The first-order valence-electron chi connectivity index (χ1n) is 15.4. The van der Waals surface area contributed by atoms with E-state index in [4.69, 9.17) is 31.8 Å². The fourth-order valence-corrected chi connectivity index (χ4v) is 7.65. The van der Waals surface area contributed by atoms with Crippen molar-refractivity contribution in [3.63, 3.8) is 0 Å². The van der Waals surface area contributed by atoms with Crippen LogP contribution in [-0.4, -0.2) is 57.4 Å². The minimum absolute atomic E-state index is 0.0348. The lowest BCUT2D eigenvalue weighted by molar-refractivity contribution is -0.147. The molecule has 2 aromatic rings. The molecule has 3 unspecified atom stereocenters. The van der Waals surface area contributed by atoms with Crippen LogP contribution in [0.1, 0.15) is 70.6 Å². The van der Waals surface area contributed by atoms with Crippen LogP contribution in [0.3, 0.4) is 0 Å². The number of furan rings is 1. The van der Waals surface area contributed by atoms with Gasteiger partial charge in [-0.25, -0.2) is 14.0 Å². The van der Waals surface area contributed by atoms with Gasteiger partial charge in [-0.1, -0.05) is 30.4 Å². The minimum Gasteiger partial charge on any atom is -0.464 e. The molecule has 4 atom stereocenters. The molecule has 3 amide bonds. The number of halogens is 1. The van der Waals surface area contributed by atoms with Gasteiger partial charge in [0.1, 0.15) is 33.3 Å². The van der Waals surface area contributed by atoms with Gasteiger partial charge in [-0.15, -0.1) is 0 Å². The van der Waals surface area contributed by atoms with Crippen molar-refractivity contribution in [2.75, 3.05) is 6.61 Å². The molecule has 46 heavy (non-hydrogen) atoms. The van der Waals surface area contributed by atoms with E-state index in [1.807, 2.05) is 6.07 Å². The molecule has 2 aliphatic carbocycles. The predicted molar refractivity (Wildman–Crippen MR) is 175 cm³/mol. The number of aryl methyl sites for hydroxylation is 1. The van der Waals surface area contributed by atoms with Crippen molar-refractivity contribution in [3.8, 4) is 11.3 Å². The summed E-state index contributed by atoms with van der Waals surface area (Å²) in [6.07, 6.45) is 5.60. The number of rotatable bonds is 11. The van der Waals surface area contributed by atoms with Gasteiger partial charge in [-0.05, 0) is 101 Å².